The largest absolute Gasteiger partial charge is 0.456 e. The fourth-order valence-electron chi connectivity index (χ4n) is 6.42. The lowest BCUT2D eigenvalue weighted by atomic mass is 9.70. The Kier molecular flexibility index (Phi) is 4.41. The summed E-state index contributed by atoms with van der Waals surface area (Å²) in [5.74, 6) is 0.532. The Morgan fingerprint density at radius 1 is 0.459 bits per heavy atom. The molecule has 0 fully saturated rings. The molecule has 1 nitrogen and oxygen atoms in total. The number of hydrogen-bond acceptors (Lipinski definition) is 1. The van der Waals surface area contributed by atoms with Gasteiger partial charge in [0.1, 0.15) is 11.2 Å². The third-order valence-corrected chi connectivity index (χ3v) is 8.06. The first kappa shape index (κ1) is 20.6. The van der Waals surface area contributed by atoms with Crippen LogP contribution in [0.2, 0.25) is 0 Å². The molecule has 1 heteroatoms. The average Bonchev–Trinajstić information content (AvgIpc) is 3.33. The Morgan fingerprint density at radius 2 is 1.05 bits per heavy atom. The second kappa shape index (κ2) is 7.94. The first-order valence-electron chi connectivity index (χ1n) is 12.9. The molecular formula is C36H24O. The van der Waals surface area contributed by atoms with E-state index in [1.54, 1.807) is 0 Å². The van der Waals surface area contributed by atoms with Gasteiger partial charge in [-0.25, -0.2) is 0 Å². The molecule has 2 atom stereocenters. The molecule has 0 amide bonds. The van der Waals surface area contributed by atoms with Crippen LogP contribution in [0.3, 0.4) is 0 Å². The van der Waals surface area contributed by atoms with Gasteiger partial charge in [-0.3, -0.25) is 0 Å². The highest BCUT2D eigenvalue weighted by molar-refractivity contribution is 6.06. The van der Waals surface area contributed by atoms with Gasteiger partial charge in [-0.05, 0) is 67.7 Å². The molecule has 0 aliphatic heterocycles. The Morgan fingerprint density at radius 3 is 1.84 bits per heavy atom. The summed E-state index contributed by atoms with van der Waals surface area (Å²) in [5.41, 5.74) is 7.24. The van der Waals surface area contributed by atoms with Gasteiger partial charge in [0.25, 0.3) is 0 Å². The first-order chi connectivity index (χ1) is 18.3. The minimum absolute atomic E-state index is 0.261. The maximum Gasteiger partial charge on any atom is 0.135 e. The van der Waals surface area contributed by atoms with Gasteiger partial charge in [0.05, 0.1) is 0 Å². The summed E-state index contributed by atoms with van der Waals surface area (Å²) in [6, 6.07) is 39.5. The summed E-state index contributed by atoms with van der Waals surface area (Å²) in [5, 5.41) is 7.55. The van der Waals surface area contributed by atoms with Crippen molar-refractivity contribution in [3.63, 3.8) is 0 Å². The van der Waals surface area contributed by atoms with Gasteiger partial charge in [-0.15, -0.1) is 0 Å². The van der Waals surface area contributed by atoms with E-state index < -0.39 is 0 Å². The van der Waals surface area contributed by atoms with Crippen LogP contribution in [0.1, 0.15) is 11.1 Å². The minimum Gasteiger partial charge on any atom is -0.456 e. The smallest absolute Gasteiger partial charge is 0.135 e. The molecule has 0 N–H and O–H groups in total. The molecule has 174 valence electrons. The molecule has 0 bridgehead atoms. The third kappa shape index (κ3) is 3.11. The number of allylic oxidation sites excluding steroid dienone is 4. The van der Waals surface area contributed by atoms with Crippen molar-refractivity contribution < 1.29 is 4.42 Å². The van der Waals surface area contributed by atoms with E-state index in [-0.39, 0.29) is 11.8 Å². The van der Waals surface area contributed by atoms with E-state index in [1.807, 2.05) is 12.1 Å². The molecule has 5 aromatic carbocycles. The molecule has 37 heavy (non-hydrogen) atoms. The highest BCUT2D eigenvalue weighted by atomic mass is 16.3. The molecule has 1 aromatic heterocycles. The van der Waals surface area contributed by atoms with Gasteiger partial charge in [0.2, 0.25) is 0 Å². The maximum atomic E-state index is 6.14. The zero-order chi connectivity index (χ0) is 24.3. The van der Waals surface area contributed by atoms with Gasteiger partial charge >= 0.3 is 0 Å². The second-order valence-electron chi connectivity index (χ2n) is 10.1. The van der Waals surface area contributed by atoms with Crippen LogP contribution in [0, 0.1) is 11.8 Å². The fourth-order valence-corrected chi connectivity index (χ4v) is 6.42. The van der Waals surface area contributed by atoms with Gasteiger partial charge < -0.3 is 4.42 Å². The number of benzene rings is 5. The Labute approximate surface area is 215 Å². The molecule has 2 aliphatic rings. The molecule has 6 aromatic rings. The third-order valence-electron chi connectivity index (χ3n) is 8.06. The Bertz CT molecular complexity index is 2050. The summed E-state index contributed by atoms with van der Waals surface area (Å²) >= 11 is 0. The standard InChI is InChI=1S/C36H24O/c1-2-10-24-21-25(18-17-23(24)9-1)35-28-12-3-5-14-30(28)36(31-15-6-4-13-29(31)35)26-19-20-34-32(22-26)27-11-7-8-16-33(27)37-34/h1-22,28,30H. The van der Waals surface area contributed by atoms with Gasteiger partial charge in [0.15, 0.2) is 0 Å². The predicted molar refractivity (Wildman–Crippen MR) is 154 cm³/mol. The van der Waals surface area contributed by atoms with Crippen molar-refractivity contribution in [2.75, 3.05) is 0 Å². The van der Waals surface area contributed by atoms with Crippen molar-refractivity contribution >= 4 is 43.9 Å². The molecule has 0 radical (unpaired) electrons. The van der Waals surface area contributed by atoms with Crippen molar-refractivity contribution in [1.29, 1.82) is 0 Å². The highest BCUT2D eigenvalue weighted by Crippen LogP contribution is 2.41. The minimum atomic E-state index is 0.261. The topological polar surface area (TPSA) is 13.1 Å². The Hall–Kier alpha value is -4.62. The Balaban J connectivity index is 1.46. The zero-order valence-electron chi connectivity index (χ0n) is 20.3. The summed E-state index contributed by atoms with van der Waals surface area (Å²) in [4.78, 5) is 0. The van der Waals surface area contributed by atoms with E-state index in [0.717, 1.165) is 11.2 Å². The molecule has 0 saturated heterocycles. The van der Waals surface area contributed by atoms with E-state index in [4.69, 9.17) is 4.42 Å². The normalized spacial score (nSPS) is 18.5. The van der Waals surface area contributed by atoms with Crippen LogP contribution >= 0.6 is 0 Å². The average molecular weight is 473 g/mol. The van der Waals surface area contributed by atoms with Crippen LogP contribution in [-0.4, -0.2) is 0 Å². The van der Waals surface area contributed by atoms with Crippen LogP contribution in [0.4, 0.5) is 0 Å². The van der Waals surface area contributed by atoms with E-state index in [2.05, 4.69) is 121 Å². The molecule has 0 spiro atoms. The van der Waals surface area contributed by atoms with Crippen LogP contribution in [0.15, 0.2) is 138 Å². The lowest BCUT2D eigenvalue weighted by Gasteiger charge is -2.33. The van der Waals surface area contributed by atoms with Crippen molar-refractivity contribution in [2.24, 2.45) is 11.8 Å². The van der Waals surface area contributed by atoms with Crippen molar-refractivity contribution in [3.8, 4) is 0 Å². The SMILES string of the molecule is C1=CC2C(c3ccc4ccccc4c3)=c3ccccc3=C(c3ccc4oc5ccccc5c4c3)C2C=C1. The van der Waals surface area contributed by atoms with Crippen molar-refractivity contribution in [3.05, 3.63) is 155 Å². The summed E-state index contributed by atoms with van der Waals surface area (Å²) in [6.07, 6.45) is 9.19. The van der Waals surface area contributed by atoms with E-state index in [0.29, 0.717) is 0 Å². The van der Waals surface area contributed by atoms with Crippen molar-refractivity contribution in [2.45, 2.75) is 0 Å². The molecule has 2 unspecified atom stereocenters. The molecule has 0 saturated carbocycles. The van der Waals surface area contributed by atoms with E-state index in [9.17, 15) is 0 Å². The number of furan rings is 1. The summed E-state index contributed by atoms with van der Waals surface area (Å²) < 4.78 is 6.14. The van der Waals surface area contributed by atoms with Crippen LogP contribution in [-0.2, 0) is 0 Å². The number of hydrogen-bond donors (Lipinski definition) is 0. The van der Waals surface area contributed by atoms with Crippen LogP contribution in [0.5, 0.6) is 0 Å². The predicted octanol–water partition coefficient (Wildman–Crippen LogP) is 7.51. The van der Waals surface area contributed by atoms with E-state index in [1.165, 1.54) is 54.3 Å². The quantitative estimate of drug-likeness (QED) is 0.254. The number of rotatable bonds is 2. The summed E-state index contributed by atoms with van der Waals surface area (Å²) in [6.45, 7) is 0. The summed E-state index contributed by atoms with van der Waals surface area (Å²) in [7, 11) is 0. The maximum absolute atomic E-state index is 6.14. The molecular weight excluding hydrogens is 448 g/mol. The second-order valence-corrected chi connectivity index (χ2v) is 10.1. The molecule has 8 rings (SSSR count). The van der Waals surface area contributed by atoms with Gasteiger partial charge in [-0.2, -0.15) is 0 Å². The monoisotopic (exact) mass is 472 g/mol. The molecule has 1 heterocycles. The van der Waals surface area contributed by atoms with Gasteiger partial charge in [0, 0.05) is 22.6 Å². The molecule has 2 aliphatic carbocycles. The van der Waals surface area contributed by atoms with Crippen LogP contribution in [0.25, 0.3) is 43.9 Å². The van der Waals surface area contributed by atoms with Gasteiger partial charge in [-0.1, -0.05) is 109 Å². The fraction of sp³-hybridized carbons (Fsp3) is 0.0556. The first-order valence-corrected chi connectivity index (χ1v) is 12.9. The number of fused-ring (bicyclic) bond motifs is 6. The van der Waals surface area contributed by atoms with E-state index >= 15 is 0 Å². The highest BCUT2D eigenvalue weighted by Gasteiger charge is 2.32. The lowest BCUT2D eigenvalue weighted by molar-refractivity contribution is 0.668. The zero-order valence-corrected chi connectivity index (χ0v) is 20.3. The van der Waals surface area contributed by atoms with Crippen LogP contribution < -0.4 is 10.4 Å². The lowest BCUT2D eigenvalue weighted by Crippen LogP contribution is -2.40. The van der Waals surface area contributed by atoms with Crippen molar-refractivity contribution in [1.82, 2.24) is 0 Å². The number of para-hydroxylation sites is 1.